The highest BCUT2D eigenvalue weighted by Crippen LogP contribution is 2.57. The van der Waals surface area contributed by atoms with Crippen molar-refractivity contribution < 1.29 is 13.9 Å². The SMILES string of the molecule is c1ccc2c(c1)ccc1c2c2ccc3[n+]4c2c2c(c5ccccc5n12)C41c2c4ccccc4n4c2c2c(ccc([n+]21)O3)c1c2ccccc2c2ccccc2c14. The number of hydrogen-bond acceptors (Lipinski definition) is 1. The third-order valence-corrected chi connectivity index (χ3v) is 13.8. The Morgan fingerprint density at radius 3 is 1.57 bits per heavy atom. The molecule has 3 aliphatic heterocycles. The Bertz CT molecular complexity index is 4150. The fourth-order valence-electron chi connectivity index (χ4n) is 12.0. The van der Waals surface area contributed by atoms with Crippen LogP contribution in [0, 0.1) is 0 Å². The lowest BCUT2D eigenvalue weighted by molar-refractivity contribution is -0.958. The van der Waals surface area contributed by atoms with Gasteiger partial charge >= 0.3 is 17.4 Å². The van der Waals surface area contributed by atoms with Crippen molar-refractivity contribution in [1.82, 2.24) is 8.80 Å². The second-order valence-corrected chi connectivity index (χ2v) is 16.0. The van der Waals surface area contributed by atoms with Gasteiger partial charge in [0.15, 0.2) is 0 Å². The molecular weight excluding hydrogens is 685 g/mol. The molecule has 0 amide bonds. The fraction of sp³-hybridized carbons (Fsp3) is 0.0196. The molecule has 0 aliphatic carbocycles. The van der Waals surface area contributed by atoms with E-state index in [1.165, 1.54) is 120 Å². The van der Waals surface area contributed by atoms with Crippen LogP contribution in [0.2, 0.25) is 0 Å². The average molecular weight is 711 g/mol. The molecule has 5 nitrogen and oxygen atoms in total. The van der Waals surface area contributed by atoms with Crippen LogP contribution in [0.15, 0.2) is 158 Å². The van der Waals surface area contributed by atoms with Crippen molar-refractivity contribution in [2.24, 2.45) is 0 Å². The summed E-state index contributed by atoms with van der Waals surface area (Å²) in [5.41, 5.74) is 11.7. The van der Waals surface area contributed by atoms with Crippen LogP contribution in [0.3, 0.4) is 0 Å². The Labute approximate surface area is 316 Å². The number of ether oxygens (including phenoxy) is 1. The molecule has 0 saturated heterocycles. The summed E-state index contributed by atoms with van der Waals surface area (Å²) in [4.78, 5) is 0. The van der Waals surface area contributed by atoms with Crippen molar-refractivity contribution >= 4 is 109 Å². The molecular formula is C51H26N4O+2. The normalized spacial score (nSPS) is 16.4. The largest absolute Gasteiger partial charge is 0.428 e. The van der Waals surface area contributed by atoms with Gasteiger partial charge in [0.05, 0.1) is 45.0 Å². The van der Waals surface area contributed by atoms with Gasteiger partial charge < -0.3 is 13.5 Å². The lowest BCUT2D eigenvalue weighted by Crippen LogP contribution is -2.74. The molecule has 13 aromatic rings. The third-order valence-electron chi connectivity index (χ3n) is 13.8. The summed E-state index contributed by atoms with van der Waals surface area (Å²) in [6, 6.07) is 58.7. The molecule has 0 N–H and O–H groups in total. The molecule has 254 valence electrons. The number of nitrogens with zero attached hydrogens (tertiary/aromatic N) is 4. The fourth-order valence-corrected chi connectivity index (χ4v) is 12.0. The smallest absolute Gasteiger partial charge is 0.348 e. The zero-order valence-electron chi connectivity index (χ0n) is 29.7. The molecule has 0 radical (unpaired) electrons. The van der Waals surface area contributed by atoms with Gasteiger partial charge in [0.1, 0.15) is 22.2 Å². The van der Waals surface area contributed by atoms with E-state index in [1.54, 1.807) is 0 Å². The van der Waals surface area contributed by atoms with Gasteiger partial charge in [0, 0.05) is 26.9 Å². The van der Waals surface area contributed by atoms with E-state index in [0.29, 0.717) is 0 Å². The molecule has 9 heterocycles. The number of aromatic nitrogens is 4. The Morgan fingerprint density at radius 1 is 0.357 bits per heavy atom. The van der Waals surface area contributed by atoms with Crippen LogP contribution in [-0.2, 0) is 5.66 Å². The van der Waals surface area contributed by atoms with Gasteiger partial charge in [-0.2, -0.15) is 0 Å². The van der Waals surface area contributed by atoms with E-state index in [0.717, 1.165) is 11.8 Å². The van der Waals surface area contributed by atoms with E-state index >= 15 is 0 Å². The minimum absolute atomic E-state index is 0.758. The maximum absolute atomic E-state index is 7.15. The summed E-state index contributed by atoms with van der Waals surface area (Å²) in [6.07, 6.45) is 0. The predicted molar refractivity (Wildman–Crippen MR) is 224 cm³/mol. The second-order valence-electron chi connectivity index (χ2n) is 16.0. The van der Waals surface area contributed by atoms with Gasteiger partial charge in [-0.1, -0.05) is 124 Å². The third kappa shape index (κ3) is 2.54. The highest BCUT2D eigenvalue weighted by Gasteiger charge is 2.72. The summed E-state index contributed by atoms with van der Waals surface area (Å²) in [7, 11) is 0. The Balaban J connectivity index is 1.27. The first-order chi connectivity index (χ1) is 27.8. The highest BCUT2D eigenvalue weighted by molar-refractivity contribution is 6.33. The number of rotatable bonds is 0. The molecule has 1 unspecified atom stereocenters. The van der Waals surface area contributed by atoms with Gasteiger partial charge in [-0.05, 0) is 57.3 Å². The number of pyridine rings is 4. The van der Waals surface area contributed by atoms with E-state index in [9.17, 15) is 0 Å². The lowest BCUT2D eigenvalue weighted by atomic mass is 9.90. The molecule has 1 spiro atoms. The van der Waals surface area contributed by atoms with Crippen LogP contribution in [0.5, 0.6) is 11.8 Å². The van der Waals surface area contributed by atoms with Crippen LogP contribution in [0.25, 0.3) is 109 Å². The van der Waals surface area contributed by atoms with Gasteiger partial charge in [-0.25, -0.2) is 0 Å². The summed E-state index contributed by atoms with van der Waals surface area (Å²) < 4.78 is 17.5. The van der Waals surface area contributed by atoms with E-state index < -0.39 is 5.66 Å². The van der Waals surface area contributed by atoms with Gasteiger partial charge in [0.25, 0.3) is 0 Å². The molecule has 0 fully saturated rings. The first kappa shape index (κ1) is 27.1. The Kier molecular flexibility index (Phi) is 4.15. The Hall–Kier alpha value is -7.50. The monoisotopic (exact) mass is 710 g/mol. The molecule has 0 bridgehead atoms. The molecule has 3 aliphatic rings. The molecule has 0 saturated carbocycles. The summed E-state index contributed by atoms with van der Waals surface area (Å²) in [6.45, 7) is 0. The standard InChI is InChI=1S/C51H26N4O/c1-2-12-28-27(11-1)21-24-39-42(28)35-22-25-40-54-47(35)49-44(33-17-7-9-19-37(33)52(39)49)51(54)45-34-18-8-10-20-38(34)53-46-32-16-6-4-14-30(32)29-13-3-5-15-31(29)43(46)36-23-26-41(56-40)55(51)48(36)50(45)53/h1-26H/q+2. The van der Waals surface area contributed by atoms with Gasteiger partial charge in [0.2, 0.25) is 11.0 Å². The number of benzene rings is 7. The van der Waals surface area contributed by atoms with E-state index in [4.69, 9.17) is 4.74 Å². The second kappa shape index (κ2) is 8.57. The molecule has 6 aromatic heterocycles. The zero-order valence-corrected chi connectivity index (χ0v) is 29.7. The molecule has 16 rings (SSSR count). The summed E-state index contributed by atoms with van der Waals surface area (Å²) in [5, 5.41) is 15.1. The topological polar surface area (TPSA) is 25.8 Å². The van der Waals surface area contributed by atoms with E-state index in [1.807, 2.05) is 0 Å². The van der Waals surface area contributed by atoms with Crippen molar-refractivity contribution in [3.05, 3.63) is 169 Å². The van der Waals surface area contributed by atoms with Gasteiger partial charge in [-0.3, -0.25) is 0 Å². The van der Waals surface area contributed by atoms with Crippen LogP contribution in [0.1, 0.15) is 11.1 Å². The zero-order chi connectivity index (χ0) is 35.8. The van der Waals surface area contributed by atoms with Crippen molar-refractivity contribution in [3.63, 3.8) is 0 Å². The van der Waals surface area contributed by atoms with Crippen LogP contribution >= 0.6 is 0 Å². The minimum atomic E-state index is -0.758. The minimum Gasteiger partial charge on any atom is -0.348 e. The maximum atomic E-state index is 7.15. The molecule has 7 aromatic carbocycles. The number of fused-ring (bicyclic) bond motifs is 19. The maximum Gasteiger partial charge on any atom is 0.428 e. The lowest BCUT2D eigenvalue weighted by Gasteiger charge is -2.24. The first-order valence-corrected chi connectivity index (χ1v) is 19.5. The van der Waals surface area contributed by atoms with Crippen molar-refractivity contribution in [2.75, 3.05) is 0 Å². The van der Waals surface area contributed by atoms with Gasteiger partial charge in [-0.15, -0.1) is 0 Å². The average Bonchev–Trinajstić information content (AvgIpc) is 3.98. The number of hydrogen-bond donors (Lipinski definition) is 0. The highest BCUT2D eigenvalue weighted by atomic mass is 16.5. The van der Waals surface area contributed by atoms with Crippen LogP contribution in [0.4, 0.5) is 0 Å². The predicted octanol–water partition coefficient (Wildman–Crippen LogP) is 11.2. The van der Waals surface area contributed by atoms with Crippen LogP contribution in [-0.4, -0.2) is 8.80 Å². The van der Waals surface area contributed by atoms with E-state index in [2.05, 4.69) is 176 Å². The van der Waals surface area contributed by atoms with Crippen molar-refractivity contribution in [1.29, 1.82) is 0 Å². The molecule has 56 heavy (non-hydrogen) atoms. The van der Waals surface area contributed by atoms with Crippen molar-refractivity contribution in [3.8, 4) is 11.8 Å². The first-order valence-electron chi connectivity index (χ1n) is 19.5. The Morgan fingerprint density at radius 2 is 0.875 bits per heavy atom. The quantitative estimate of drug-likeness (QED) is 0.114. The molecule has 1 atom stereocenters. The van der Waals surface area contributed by atoms with E-state index in [-0.39, 0.29) is 0 Å². The number of para-hydroxylation sites is 2. The summed E-state index contributed by atoms with van der Waals surface area (Å²) >= 11 is 0. The van der Waals surface area contributed by atoms with Crippen molar-refractivity contribution in [2.45, 2.75) is 5.66 Å². The summed E-state index contributed by atoms with van der Waals surface area (Å²) in [5.74, 6) is 1.71. The van der Waals surface area contributed by atoms with Crippen LogP contribution < -0.4 is 13.9 Å². The molecule has 5 heteroatoms.